The molecule has 4 aromatic rings. The first-order chi connectivity index (χ1) is 11.7. The molecular weight excluding hydrogens is 318 g/mol. The number of benzene rings is 4. The van der Waals surface area contributed by atoms with Gasteiger partial charge in [-0.05, 0) is 46.5 Å². The summed E-state index contributed by atoms with van der Waals surface area (Å²) in [6.45, 7) is 0. The quantitative estimate of drug-likeness (QED) is 0.250. The summed E-state index contributed by atoms with van der Waals surface area (Å²) in [5.74, 6) is 0. The second-order valence-corrected chi connectivity index (χ2v) is 6.00. The maximum absolute atomic E-state index is 6.40. The van der Waals surface area contributed by atoms with E-state index < -0.39 is 0 Å². The van der Waals surface area contributed by atoms with Gasteiger partial charge in [0.2, 0.25) is 0 Å². The number of nitrogens with zero attached hydrogens (tertiary/aromatic N) is 2. The molecule has 0 aliphatic carbocycles. The molecule has 0 saturated carbocycles. The molecule has 0 radical (unpaired) electrons. The van der Waals surface area contributed by atoms with Gasteiger partial charge in [0.25, 0.3) is 0 Å². The first kappa shape index (κ1) is 14.7. The monoisotopic (exact) mass is 331 g/mol. The highest BCUT2D eigenvalue weighted by Crippen LogP contribution is 2.37. The van der Waals surface area contributed by atoms with Gasteiger partial charge in [0.15, 0.2) is 0 Å². The summed E-state index contributed by atoms with van der Waals surface area (Å²) in [4.78, 5) is 0. The molecule has 0 atom stereocenters. The lowest BCUT2D eigenvalue weighted by molar-refractivity contribution is 1.24. The Bertz CT molecular complexity index is 1070. The van der Waals surface area contributed by atoms with Crippen LogP contribution in [0.4, 0.5) is 17.1 Å². The third-order valence-electron chi connectivity index (χ3n) is 4.01. The van der Waals surface area contributed by atoms with E-state index in [9.17, 15) is 0 Å². The number of fused-ring (bicyclic) bond motifs is 3. The van der Waals surface area contributed by atoms with Gasteiger partial charge in [-0.25, -0.2) is 0 Å². The number of rotatable bonds is 2. The Hall–Kier alpha value is -2.91. The number of halogens is 1. The summed E-state index contributed by atoms with van der Waals surface area (Å²) in [6.07, 6.45) is 0. The van der Waals surface area contributed by atoms with Gasteiger partial charge >= 0.3 is 0 Å². The van der Waals surface area contributed by atoms with Crippen LogP contribution >= 0.6 is 11.6 Å². The van der Waals surface area contributed by atoms with Crippen molar-refractivity contribution < 1.29 is 0 Å². The predicted molar refractivity (Wildman–Crippen MR) is 101 cm³/mol. The Morgan fingerprint density at radius 3 is 2.33 bits per heavy atom. The summed E-state index contributed by atoms with van der Waals surface area (Å²) in [6, 6.07) is 23.4. The lowest BCUT2D eigenvalue weighted by Crippen LogP contribution is -1.89. The van der Waals surface area contributed by atoms with Crippen LogP contribution in [-0.4, -0.2) is 0 Å². The molecule has 116 valence electrons. The zero-order chi connectivity index (χ0) is 16.5. The molecule has 4 rings (SSSR count). The lowest BCUT2D eigenvalue weighted by atomic mass is 10.00. The van der Waals surface area contributed by atoms with E-state index >= 15 is 0 Å². The van der Waals surface area contributed by atoms with E-state index in [0.29, 0.717) is 16.4 Å². The number of hydrogen-bond acceptors (Lipinski definition) is 3. The van der Waals surface area contributed by atoms with E-state index in [1.807, 2.05) is 72.8 Å². The van der Waals surface area contributed by atoms with E-state index in [2.05, 4.69) is 10.2 Å². The number of nitrogen functional groups attached to an aromatic ring is 1. The SMILES string of the molecule is Nc1c(N=Nc2ccccc2)ccc2ccc3cc(Cl)ccc3c12. The van der Waals surface area contributed by atoms with Crippen LogP contribution in [0.2, 0.25) is 5.02 Å². The summed E-state index contributed by atoms with van der Waals surface area (Å²) in [5, 5.41) is 13.5. The van der Waals surface area contributed by atoms with Crippen molar-refractivity contribution in [1.82, 2.24) is 0 Å². The van der Waals surface area contributed by atoms with Crippen molar-refractivity contribution in [3.8, 4) is 0 Å². The molecule has 0 spiro atoms. The zero-order valence-corrected chi connectivity index (χ0v) is 13.5. The average molecular weight is 332 g/mol. The molecule has 4 heteroatoms. The predicted octanol–water partition coefficient (Wildman–Crippen LogP) is 6.64. The van der Waals surface area contributed by atoms with Crippen LogP contribution in [0.3, 0.4) is 0 Å². The van der Waals surface area contributed by atoms with Gasteiger partial charge in [-0.15, -0.1) is 5.11 Å². The summed E-state index contributed by atoms with van der Waals surface area (Å²) < 4.78 is 0. The number of anilines is 1. The Balaban J connectivity index is 1.90. The Kier molecular flexibility index (Phi) is 3.63. The third kappa shape index (κ3) is 2.59. The van der Waals surface area contributed by atoms with E-state index in [1.165, 1.54) is 0 Å². The van der Waals surface area contributed by atoms with Crippen LogP contribution in [0.25, 0.3) is 21.5 Å². The molecule has 0 heterocycles. The summed E-state index contributed by atoms with van der Waals surface area (Å²) in [7, 11) is 0. The highest BCUT2D eigenvalue weighted by Gasteiger charge is 2.08. The molecule has 3 nitrogen and oxygen atoms in total. The first-order valence-electron chi connectivity index (χ1n) is 7.59. The summed E-state index contributed by atoms with van der Waals surface area (Å²) in [5.41, 5.74) is 8.48. The average Bonchev–Trinajstić information content (AvgIpc) is 2.61. The Morgan fingerprint density at radius 1 is 0.750 bits per heavy atom. The molecule has 0 fully saturated rings. The van der Waals surface area contributed by atoms with Gasteiger partial charge < -0.3 is 5.73 Å². The Morgan fingerprint density at radius 2 is 1.50 bits per heavy atom. The first-order valence-corrected chi connectivity index (χ1v) is 7.97. The smallest absolute Gasteiger partial charge is 0.109 e. The molecule has 0 aliphatic rings. The van der Waals surface area contributed by atoms with Crippen LogP contribution in [0.15, 0.2) is 83.0 Å². The van der Waals surface area contributed by atoms with Gasteiger partial charge in [0.1, 0.15) is 5.69 Å². The van der Waals surface area contributed by atoms with Crippen LogP contribution in [0.5, 0.6) is 0 Å². The largest absolute Gasteiger partial charge is 0.396 e. The van der Waals surface area contributed by atoms with Crippen LogP contribution in [0.1, 0.15) is 0 Å². The second-order valence-electron chi connectivity index (χ2n) is 5.56. The Labute approximate surface area is 144 Å². The molecule has 0 amide bonds. The molecule has 0 saturated heterocycles. The fourth-order valence-corrected chi connectivity index (χ4v) is 3.02. The highest BCUT2D eigenvalue weighted by atomic mass is 35.5. The van der Waals surface area contributed by atoms with Crippen LogP contribution < -0.4 is 5.73 Å². The molecule has 0 unspecified atom stereocenters. The molecule has 4 aromatic carbocycles. The highest BCUT2D eigenvalue weighted by molar-refractivity contribution is 6.31. The fraction of sp³-hybridized carbons (Fsp3) is 0. The second kappa shape index (κ2) is 5.95. The number of nitrogens with two attached hydrogens (primary N) is 1. The molecular formula is C20H14ClN3. The fourth-order valence-electron chi connectivity index (χ4n) is 2.84. The van der Waals surface area contributed by atoms with Crippen LogP contribution in [0, 0.1) is 0 Å². The van der Waals surface area contributed by atoms with Crippen molar-refractivity contribution >= 4 is 50.2 Å². The molecule has 0 bridgehead atoms. The topological polar surface area (TPSA) is 50.7 Å². The standard InChI is InChI=1S/C20H14ClN3/c21-15-9-10-17-14(12-15)7-6-13-8-11-18(20(22)19(13)17)24-23-16-4-2-1-3-5-16/h1-12H,22H2. The molecule has 0 aliphatic heterocycles. The summed E-state index contributed by atoms with van der Waals surface area (Å²) >= 11 is 6.09. The van der Waals surface area contributed by atoms with Gasteiger partial charge in [-0.2, -0.15) is 5.11 Å². The third-order valence-corrected chi connectivity index (χ3v) is 4.24. The minimum absolute atomic E-state index is 0.625. The minimum Gasteiger partial charge on any atom is -0.396 e. The number of azo groups is 1. The molecule has 24 heavy (non-hydrogen) atoms. The zero-order valence-electron chi connectivity index (χ0n) is 12.8. The minimum atomic E-state index is 0.625. The van der Waals surface area contributed by atoms with E-state index in [-0.39, 0.29) is 0 Å². The van der Waals surface area contributed by atoms with Gasteiger partial charge in [-0.1, -0.05) is 54.1 Å². The maximum atomic E-state index is 6.40. The van der Waals surface area contributed by atoms with Crippen molar-refractivity contribution in [2.24, 2.45) is 10.2 Å². The molecule has 2 N–H and O–H groups in total. The van der Waals surface area contributed by atoms with E-state index in [4.69, 9.17) is 17.3 Å². The van der Waals surface area contributed by atoms with Gasteiger partial charge in [0, 0.05) is 10.4 Å². The molecule has 0 aromatic heterocycles. The lowest BCUT2D eigenvalue weighted by Gasteiger charge is -2.09. The van der Waals surface area contributed by atoms with Crippen molar-refractivity contribution in [3.63, 3.8) is 0 Å². The van der Waals surface area contributed by atoms with Crippen molar-refractivity contribution in [3.05, 3.63) is 77.8 Å². The van der Waals surface area contributed by atoms with Crippen molar-refractivity contribution in [2.75, 3.05) is 5.73 Å². The van der Waals surface area contributed by atoms with E-state index in [0.717, 1.165) is 27.2 Å². The van der Waals surface area contributed by atoms with Gasteiger partial charge in [-0.3, -0.25) is 0 Å². The van der Waals surface area contributed by atoms with Crippen molar-refractivity contribution in [1.29, 1.82) is 0 Å². The van der Waals surface area contributed by atoms with Crippen molar-refractivity contribution in [2.45, 2.75) is 0 Å². The maximum Gasteiger partial charge on any atom is 0.109 e. The number of hydrogen-bond donors (Lipinski definition) is 1. The van der Waals surface area contributed by atoms with E-state index in [1.54, 1.807) is 0 Å². The normalized spacial score (nSPS) is 11.5. The van der Waals surface area contributed by atoms with Gasteiger partial charge in [0.05, 0.1) is 11.4 Å². The van der Waals surface area contributed by atoms with Crippen LogP contribution in [-0.2, 0) is 0 Å².